The first kappa shape index (κ1) is 18.2. The predicted octanol–water partition coefficient (Wildman–Crippen LogP) is 3.63. The SMILES string of the molecule is CSc1ccc(CNC(=O)c2coc(COc3ccc4c(c3)OCO4)n2)cc1. The molecule has 1 amide bonds. The van der Waals surface area contributed by atoms with E-state index in [0.717, 1.165) is 5.56 Å². The van der Waals surface area contributed by atoms with Crippen molar-refractivity contribution in [1.82, 2.24) is 10.3 Å². The van der Waals surface area contributed by atoms with E-state index in [1.165, 1.54) is 11.2 Å². The van der Waals surface area contributed by atoms with E-state index in [9.17, 15) is 4.79 Å². The largest absolute Gasteiger partial charge is 0.484 e. The molecule has 0 radical (unpaired) electrons. The van der Waals surface area contributed by atoms with E-state index < -0.39 is 0 Å². The third-order valence-corrected chi connectivity index (χ3v) is 4.85. The van der Waals surface area contributed by atoms with Gasteiger partial charge in [0.1, 0.15) is 12.0 Å². The number of thioether (sulfide) groups is 1. The topological polar surface area (TPSA) is 82.8 Å². The minimum atomic E-state index is -0.299. The third kappa shape index (κ3) is 4.23. The molecule has 1 aliphatic rings. The van der Waals surface area contributed by atoms with Gasteiger partial charge < -0.3 is 23.9 Å². The fourth-order valence-corrected chi connectivity index (χ4v) is 3.02. The van der Waals surface area contributed by atoms with E-state index in [1.807, 2.05) is 30.5 Å². The molecule has 0 saturated carbocycles. The molecule has 28 heavy (non-hydrogen) atoms. The average Bonchev–Trinajstić information content (AvgIpc) is 3.40. The van der Waals surface area contributed by atoms with Crippen molar-refractivity contribution < 1.29 is 23.4 Å². The lowest BCUT2D eigenvalue weighted by Crippen LogP contribution is -2.23. The number of nitrogens with one attached hydrogen (secondary N) is 1. The number of nitrogens with zero attached hydrogens (tertiary/aromatic N) is 1. The smallest absolute Gasteiger partial charge is 0.273 e. The number of hydrogen-bond donors (Lipinski definition) is 1. The summed E-state index contributed by atoms with van der Waals surface area (Å²) in [6.45, 7) is 0.727. The highest BCUT2D eigenvalue weighted by Crippen LogP contribution is 2.35. The number of amides is 1. The van der Waals surface area contributed by atoms with Crippen LogP contribution in [0.15, 0.2) is 58.0 Å². The summed E-state index contributed by atoms with van der Waals surface area (Å²) in [4.78, 5) is 17.6. The van der Waals surface area contributed by atoms with Crippen molar-refractivity contribution in [2.24, 2.45) is 0 Å². The van der Waals surface area contributed by atoms with Crippen molar-refractivity contribution >= 4 is 17.7 Å². The molecule has 2 aromatic carbocycles. The zero-order chi connectivity index (χ0) is 19.3. The number of rotatable bonds is 7. The standard InChI is InChI=1S/C20H18N2O5S/c1-28-15-5-2-13(3-6-15)9-21-20(23)16-10-25-19(22-16)11-24-14-4-7-17-18(8-14)27-12-26-17/h2-8,10H,9,11-12H2,1H3,(H,21,23). The molecular weight excluding hydrogens is 380 g/mol. The molecule has 0 spiro atoms. The number of carbonyl (C=O) groups is 1. The summed E-state index contributed by atoms with van der Waals surface area (Å²) < 4.78 is 21.5. The average molecular weight is 398 g/mol. The van der Waals surface area contributed by atoms with Crippen molar-refractivity contribution in [3.63, 3.8) is 0 Å². The van der Waals surface area contributed by atoms with Crippen molar-refractivity contribution in [3.05, 3.63) is 65.9 Å². The Hall–Kier alpha value is -3.13. The second-order valence-electron chi connectivity index (χ2n) is 5.96. The van der Waals surface area contributed by atoms with E-state index in [0.29, 0.717) is 29.7 Å². The third-order valence-electron chi connectivity index (χ3n) is 4.10. The van der Waals surface area contributed by atoms with Crippen LogP contribution in [0.4, 0.5) is 0 Å². The van der Waals surface area contributed by atoms with Crippen molar-refractivity contribution in [2.75, 3.05) is 13.0 Å². The normalized spacial score (nSPS) is 12.0. The Kier molecular flexibility index (Phi) is 5.38. The van der Waals surface area contributed by atoms with Crippen LogP contribution >= 0.6 is 11.8 Å². The minimum Gasteiger partial charge on any atom is -0.484 e. The van der Waals surface area contributed by atoms with Crippen LogP contribution in [0.2, 0.25) is 0 Å². The van der Waals surface area contributed by atoms with Crippen LogP contribution in [-0.4, -0.2) is 23.9 Å². The van der Waals surface area contributed by atoms with Crippen LogP contribution in [0.5, 0.6) is 17.2 Å². The Balaban J connectivity index is 1.30. The van der Waals surface area contributed by atoms with Crippen LogP contribution < -0.4 is 19.5 Å². The van der Waals surface area contributed by atoms with Gasteiger partial charge in [0, 0.05) is 17.5 Å². The lowest BCUT2D eigenvalue weighted by molar-refractivity contribution is 0.0946. The monoisotopic (exact) mass is 398 g/mol. The molecule has 0 fully saturated rings. The minimum absolute atomic E-state index is 0.100. The van der Waals surface area contributed by atoms with Crippen LogP contribution in [0.3, 0.4) is 0 Å². The molecule has 0 aliphatic carbocycles. The second-order valence-corrected chi connectivity index (χ2v) is 6.84. The Bertz CT molecular complexity index is 971. The molecule has 144 valence electrons. The fraction of sp³-hybridized carbons (Fsp3) is 0.200. The Morgan fingerprint density at radius 1 is 1.18 bits per heavy atom. The lowest BCUT2D eigenvalue weighted by Gasteiger charge is -2.04. The quantitative estimate of drug-likeness (QED) is 0.609. The molecule has 2 heterocycles. The number of ether oxygens (including phenoxy) is 3. The summed E-state index contributed by atoms with van der Waals surface area (Å²) in [5, 5.41) is 2.83. The van der Waals surface area contributed by atoms with Gasteiger partial charge in [0.05, 0.1) is 0 Å². The molecule has 3 aromatic rings. The van der Waals surface area contributed by atoms with Crippen molar-refractivity contribution in [3.8, 4) is 17.2 Å². The molecule has 0 bridgehead atoms. The van der Waals surface area contributed by atoms with Crippen molar-refractivity contribution in [2.45, 2.75) is 18.0 Å². The van der Waals surface area contributed by atoms with Crippen LogP contribution in [0.25, 0.3) is 0 Å². The number of aromatic nitrogens is 1. The van der Waals surface area contributed by atoms with Crippen LogP contribution in [0.1, 0.15) is 21.9 Å². The number of benzene rings is 2. The molecule has 0 atom stereocenters. The fourth-order valence-electron chi connectivity index (χ4n) is 2.61. The second kappa shape index (κ2) is 8.26. The van der Waals surface area contributed by atoms with E-state index >= 15 is 0 Å². The maximum Gasteiger partial charge on any atom is 0.273 e. The maximum absolute atomic E-state index is 12.2. The molecule has 7 nitrogen and oxygen atoms in total. The van der Waals surface area contributed by atoms with Gasteiger partial charge in [-0.3, -0.25) is 4.79 Å². The lowest BCUT2D eigenvalue weighted by atomic mass is 10.2. The first-order valence-electron chi connectivity index (χ1n) is 8.59. The Labute approximate surface area is 166 Å². The van der Waals surface area contributed by atoms with Gasteiger partial charge >= 0.3 is 0 Å². The zero-order valence-corrected chi connectivity index (χ0v) is 16.0. The van der Waals surface area contributed by atoms with E-state index in [2.05, 4.69) is 10.3 Å². The number of oxazole rings is 1. The molecule has 1 aliphatic heterocycles. The molecule has 8 heteroatoms. The van der Waals surface area contributed by atoms with Gasteiger partial charge in [-0.15, -0.1) is 11.8 Å². The predicted molar refractivity (Wildman–Crippen MR) is 103 cm³/mol. The zero-order valence-electron chi connectivity index (χ0n) is 15.1. The van der Waals surface area contributed by atoms with Gasteiger partial charge in [0.15, 0.2) is 23.8 Å². The van der Waals surface area contributed by atoms with Gasteiger partial charge in [-0.2, -0.15) is 0 Å². The summed E-state index contributed by atoms with van der Waals surface area (Å²) in [7, 11) is 0. The Morgan fingerprint density at radius 3 is 2.82 bits per heavy atom. The number of carbonyl (C=O) groups excluding carboxylic acids is 1. The highest BCUT2D eigenvalue weighted by molar-refractivity contribution is 7.98. The first-order valence-corrected chi connectivity index (χ1v) is 9.82. The van der Waals surface area contributed by atoms with Gasteiger partial charge in [-0.25, -0.2) is 4.98 Å². The first-order chi connectivity index (χ1) is 13.7. The maximum atomic E-state index is 12.2. The van der Waals surface area contributed by atoms with E-state index in [4.69, 9.17) is 18.6 Å². The summed E-state index contributed by atoms with van der Waals surface area (Å²) in [6.07, 6.45) is 3.35. The summed E-state index contributed by atoms with van der Waals surface area (Å²) >= 11 is 1.68. The van der Waals surface area contributed by atoms with Gasteiger partial charge in [0.25, 0.3) is 5.91 Å². The van der Waals surface area contributed by atoms with Crippen molar-refractivity contribution in [1.29, 1.82) is 0 Å². The summed E-state index contributed by atoms with van der Waals surface area (Å²) in [5.74, 6) is 1.93. The summed E-state index contributed by atoms with van der Waals surface area (Å²) in [5.41, 5.74) is 1.23. The molecule has 1 aromatic heterocycles. The number of hydrogen-bond acceptors (Lipinski definition) is 7. The van der Waals surface area contributed by atoms with Crippen LogP contribution in [0, 0.1) is 0 Å². The molecule has 1 N–H and O–H groups in total. The Morgan fingerprint density at radius 2 is 2.00 bits per heavy atom. The number of fused-ring (bicyclic) bond motifs is 1. The molecule has 4 rings (SSSR count). The van der Waals surface area contributed by atoms with Gasteiger partial charge in [-0.1, -0.05) is 12.1 Å². The molecular formula is C20H18N2O5S. The van der Waals surface area contributed by atoms with E-state index in [1.54, 1.807) is 30.0 Å². The highest BCUT2D eigenvalue weighted by Gasteiger charge is 2.15. The van der Waals surface area contributed by atoms with Crippen LogP contribution in [-0.2, 0) is 13.2 Å². The van der Waals surface area contributed by atoms with Gasteiger partial charge in [0.2, 0.25) is 12.7 Å². The molecule has 0 unspecified atom stereocenters. The van der Waals surface area contributed by atoms with Gasteiger partial charge in [-0.05, 0) is 36.1 Å². The molecule has 0 saturated heterocycles. The highest BCUT2D eigenvalue weighted by atomic mass is 32.2. The van der Waals surface area contributed by atoms with E-state index in [-0.39, 0.29) is 25.0 Å². The summed E-state index contributed by atoms with van der Waals surface area (Å²) in [6, 6.07) is 13.3.